The van der Waals surface area contributed by atoms with E-state index in [2.05, 4.69) is 10.3 Å². The first-order chi connectivity index (χ1) is 8.36. The van der Waals surface area contributed by atoms with Gasteiger partial charge in [-0.25, -0.2) is 4.98 Å². The number of hydrogen-bond acceptors (Lipinski definition) is 5. The Labute approximate surface area is 112 Å². The van der Waals surface area contributed by atoms with Crippen molar-refractivity contribution in [2.24, 2.45) is 5.92 Å². The number of thiazole rings is 1. The lowest BCUT2D eigenvalue weighted by atomic mass is 10.1. The minimum Gasteiger partial charge on any atom is -0.396 e. The van der Waals surface area contributed by atoms with Gasteiger partial charge in [-0.15, -0.1) is 0 Å². The van der Waals surface area contributed by atoms with Crippen LogP contribution in [-0.2, 0) is 0 Å². The molecule has 1 rings (SSSR count). The fraction of sp³-hybridized carbons (Fsp3) is 0.667. The van der Waals surface area contributed by atoms with Gasteiger partial charge in [0.1, 0.15) is 4.88 Å². The molecule has 0 aromatic carbocycles. The molecule has 1 amide bonds. The molecule has 0 saturated carbocycles. The number of nitrogens with zero attached hydrogens (tertiary/aromatic N) is 2. The molecule has 2 N–H and O–H groups in total. The van der Waals surface area contributed by atoms with Crippen LogP contribution in [0.15, 0.2) is 0 Å². The van der Waals surface area contributed by atoms with E-state index in [4.69, 9.17) is 5.11 Å². The average molecular weight is 271 g/mol. The standard InChI is InChI=1S/C12H21N3O2S/c1-7(6-16)8(2)13-11(17)10-9(3)14-12(18-10)15(4)5/h7-8,16H,6H2,1-5H3,(H,13,17). The Morgan fingerprint density at radius 2 is 2.11 bits per heavy atom. The van der Waals surface area contributed by atoms with E-state index < -0.39 is 0 Å². The van der Waals surface area contributed by atoms with Crippen LogP contribution in [0.1, 0.15) is 29.2 Å². The molecule has 1 heterocycles. The van der Waals surface area contributed by atoms with Crippen LogP contribution >= 0.6 is 11.3 Å². The summed E-state index contributed by atoms with van der Waals surface area (Å²) in [5.74, 6) is -0.0820. The SMILES string of the molecule is Cc1nc(N(C)C)sc1C(=O)NC(C)C(C)CO. The van der Waals surface area contributed by atoms with Gasteiger partial charge in [0.15, 0.2) is 5.13 Å². The van der Waals surface area contributed by atoms with Crippen LogP contribution in [0.3, 0.4) is 0 Å². The molecule has 0 bridgehead atoms. The molecule has 18 heavy (non-hydrogen) atoms. The maximum Gasteiger partial charge on any atom is 0.263 e. The number of carbonyl (C=O) groups excluding carboxylic acids is 1. The van der Waals surface area contributed by atoms with E-state index in [0.717, 1.165) is 10.8 Å². The van der Waals surface area contributed by atoms with Crippen molar-refractivity contribution in [1.29, 1.82) is 0 Å². The number of aromatic nitrogens is 1. The Morgan fingerprint density at radius 3 is 2.56 bits per heavy atom. The zero-order valence-corrected chi connectivity index (χ0v) is 12.3. The summed E-state index contributed by atoms with van der Waals surface area (Å²) in [6.45, 7) is 5.68. The van der Waals surface area contributed by atoms with E-state index in [-0.39, 0.29) is 24.5 Å². The number of anilines is 1. The molecule has 1 aromatic heterocycles. The monoisotopic (exact) mass is 271 g/mol. The van der Waals surface area contributed by atoms with Gasteiger partial charge in [0.05, 0.1) is 5.69 Å². The van der Waals surface area contributed by atoms with Crippen LogP contribution in [0.4, 0.5) is 5.13 Å². The van der Waals surface area contributed by atoms with Gasteiger partial charge >= 0.3 is 0 Å². The summed E-state index contributed by atoms with van der Waals surface area (Å²) in [5.41, 5.74) is 0.741. The van der Waals surface area contributed by atoms with Gasteiger partial charge in [-0.2, -0.15) is 0 Å². The number of aliphatic hydroxyl groups excluding tert-OH is 1. The van der Waals surface area contributed by atoms with E-state index in [9.17, 15) is 4.79 Å². The molecule has 0 saturated heterocycles. The van der Waals surface area contributed by atoms with E-state index in [0.29, 0.717) is 4.88 Å². The molecule has 5 nitrogen and oxygen atoms in total. The minimum atomic E-state index is -0.120. The number of aliphatic hydroxyl groups is 1. The van der Waals surface area contributed by atoms with Crippen molar-refractivity contribution in [2.75, 3.05) is 25.6 Å². The second-order valence-corrected chi connectivity index (χ2v) is 5.70. The smallest absolute Gasteiger partial charge is 0.263 e. The zero-order valence-electron chi connectivity index (χ0n) is 11.5. The Balaban J connectivity index is 2.78. The predicted octanol–water partition coefficient (Wildman–Crippen LogP) is 1.26. The Hall–Kier alpha value is -1.14. The number of rotatable bonds is 5. The summed E-state index contributed by atoms with van der Waals surface area (Å²) in [4.78, 5) is 18.9. The lowest BCUT2D eigenvalue weighted by Crippen LogP contribution is -2.38. The number of aryl methyl sites for hydroxylation is 1. The zero-order chi connectivity index (χ0) is 13.9. The highest BCUT2D eigenvalue weighted by Crippen LogP contribution is 2.24. The molecule has 1 aromatic rings. The van der Waals surface area contributed by atoms with Crippen LogP contribution < -0.4 is 10.2 Å². The van der Waals surface area contributed by atoms with Crippen LogP contribution in [0.25, 0.3) is 0 Å². The first-order valence-electron chi connectivity index (χ1n) is 5.93. The van der Waals surface area contributed by atoms with Crippen LogP contribution in [0, 0.1) is 12.8 Å². The first kappa shape index (κ1) is 14.9. The maximum atomic E-state index is 12.1. The molecule has 0 fully saturated rings. The highest BCUT2D eigenvalue weighted by atomic mass is 32.1. The summed E-state index contributed by atoms with van der Waals surface area (Å²) in [6.07, 6.45) is 0. The van der Waals surface area contributed by atoms with Crippen molar-refractivity contribution >= 4 is 22.4 Å². The molecular weight excluding hydrogens is 250 g/mol. The number of nitrogens with one attached hydrogen (secondary N) is 1. The predicted molar refractivity (Wildman–Crippen MR) is 74.4 cm³/mol. The third kappa shape index (κ3) is 3.43. The first-order valence-corrected chi connectivity index (χ1v) is 6.75. The fourth-order valence-electron chi connectivity index (χ4n) is 1.36. The second-order valence-electron chi connectivity index (χ2n) is 4.73. The molecule has 0 spiro atoms. The lowest BCUT2D eigenvalue weighted by Gasteiger charge is -2.18. The third-order valence-electron chi connectivity index (χ3n) is 2.87. The van der Waals surface area contributed by atoms with E-state index >= 15 is 0 Å². The van der Waals surface area contributed by atoms with Crippen molar-refractivity contribution in [3.63, 3.8) is 0 Å². The van der Waals surface area contributed by atoms with Gasteiger partial charge in [-0.1, -0.05) is 18.3 Å². The van der Waals surface area contributed by atoms with E-state index in [1.54, 1.807) is 0 Å². The molecule has 0 aliphatic heterocycles. The van der Waals surface area contributed by atoms with Gasteiger partial charge in [-0.05, 0) is 19.8 Å². The van der Waals surface area contributed by atoms with E-state index in [1.807, 2.05) is 39.8 Å². The summed E-state index contributed by atoms with van der Waals surface area (Å²) >= 11 is 1.38. The summed E-state index contributed by atoms with van der Waals surface area (Å²) in [6, 6.07) is -0.0631. The highest BCUT2D eigenvalue weighted by Gasteiger charge is 2.20. The van der Waals surface area contributed by atoms with Gasteiger partial charge < -0.3 is 15.3 Å². The van der Waals surface area contributed by atoms with E-state index in [1.165, 1.54) is 11.3 Å². The Bertz CT molecular complexity index is 417. The number of hydrogen-bond donors (Lipinski definition) is 2. The number of carbonyl (C=O) groups is 1. The normalized spacial score (nSPS) is 14.1. The molecule has 6 heteroatoms. The van der Waals surface area contributed by atoms with Gasteiger partial charge in [0.2, 0.25) is 0 Å². The van der Waals surface area contributed by atoms with Crippen molar-refractivity contribution in [3.8, 4) is 0 Å². The van der Waals surface area contributed by atoms with Crippen LogP contribution in [0.5, 0.6) is 0 Å². The topological polar surface area (TPSA) is 65.5 Å². The molecule has 0 aliphatic carbocycles. The van der Waals surface area contributed by atoms with Crippen molar-refractivity contribution in [3.05, 3.63) is 10.6 Å². The Morgan fingerprint density at radius 1 is 1.50 bits per heavy atom. The summed E-state index contributed by atoms with van der Waals surface area (Å²) in [7, 11) is 3.80. The largest absolute Gasteiger partial charge is 0.396 e. The maximum absolute atomic E-state index is 12.1. The lowest BCUT2D eigenvalue weighted by molar-refractivity contribution is 0.0919. The minimum absolute atomic E-state index is 0.0375. The highest BCUT2D eigenvalue weighted by molar-refractivity contribution is 7.17. The third-order valence-corrected chi connectivity index (χ3v) is 4.20. The van der Waals surface area contributed by atoms with Crippen molar-refractivity contribution in [2.45, 2.75) is 26.8 Å². The summed E-state index contributed by atoms with van der Waals surface area (Å²) < 4.78 is 0. The van der Waals surface area contributed by atoms with Gasteiger partial charge in [-0.3, -0.25) is 4.79 Å². The van der Waals surface area contributed by atoms with Crippen molar-refractivity contribution in [1.82, 2.24) is 10.3 Å². The number of amides is 1. The van der Waals surface area contributed by atoms with Crippen LogP contribution in [-0.4, -0.2) is 42.7 Å². The van der Waals surface area contributed by atoms with Crippen LogP contribution in [0.2, 0.25) is 0 Å². The van der Waals surface area contributed by atoms with Gasteiger partial charge in [0, 0.05) is 26.7 Å². The molecule has 0 aliphatic rings. The molecule has 0 radical (unpaired) electrons. The fourth-order valence-corrected chi connectivity index (χ4v) is 2.25. The van der Waals surface area contributed by atoms with Crippen molar-refractivity contribution < 1.29 is 9.90 Å². The molecular formula is C12H21N3O2S. The molecule has 102 valence electrons. The molecule has 2 atom stereocenters. The Kier molecular flexibility index (Phi) is 5.10. The quantitative estimate of drug-likeness (QED) is 0.846. The average Bonchev–Trinajstić information content (AvgIpc) is 2.70. The second kappa shape index (κ2) is 6.15. The van der Waals surface area contributed by atoms with Gasteiger partial charge in [0.25, 0.3) is 5.91 Å². The summed E-state index contributed by atoms with van der Waals surface area (Å²) in [5, 5.41) is 12.8. The molecule has 2 unspecified atom stereocenters.